The molecule has 0 unspecified atom stereocenters. The molecule has 0 aliphatic rings. The number of carbonyl (C=O) groups excluding carboxylic acids is 2. The summed E-state index contributed by atoms with van der Waals surface area (Å²) in [4.78, 5) is 22.9. The lowest BCUT2D eigenvalue weighted by molar-refractivity contribution is -0.133. The van der Waals surface area contributed by atoms with Gasteiger partial charge in [-0.15, -0.1) is 0 Å². The Bertz CT molecular complexity index is 579. The predicted octanol–water partition coefficient (Wildman–Crippen LogP) is 1.01. The van der Waals surface area contributed by atoms with Crippen LogP contribution >= 0.6 is 0 Å². The average Bonchev–Trinajstić information content (AvgIpc) is 2.50. The molecule has 1 aromatic carbocycles. The molecule has 1 aromatic rings. The minimum atomic E-state index is -0.720. The summed E-state index contributed by atoms with van der Waals surface area (Å²) in [5.74, 6) is 4.11. The van der Waals surface area contributed by atoms with Crippen LogP contribution in [0.25, 0.3) is 0 Å². The molecule has 0 heterocycles. The first-order valence-corrected chi connectivity index (χ1v) is 5.51. The number of hydrogen-bond acceptors (Lipinski definition) is 6. The fraction of sp³-hybridized carbons (Fsp3) is 0.286. The van der Waals surface area contributed by atoms with Gasteiger partial charge in [-0.25, -0.2) is 9.59 Å². The van der Waals surface area contributed by atoms with Crippen LogP contribution in [0.3, 0.4) is 0 Å². The van der Waals surface area contributed by atoms with Gasteiger partial charge in [-0.05, 0) is 6.07 Å². The zero-order chi connectivity index (χ0) is 15.1. The SMILES string of the molecule is COC(=O)C#Cc1cc(OC)cc(OC)c1C(=O)OC. The molecule has 106 valence electrons. The summed E-state index contributed by atoms with van der Waals surface area (Å²) in [7, 11) is 5.32. The second kappa shape index (κ2) is 7.04. The van der Waals surface area contributed by atoms with E-state index in [2.05, 4.69) is 21.3 Å². The first-order valence-electron chi connectivity index (χ1n) is 5.51. The van der Waals surface area contributed by atoms with E-state index in [1.807, 2.05) is 0 Å². The van der Waals surface area contributed by atoms with E-state index in [9.17, 15) is 9.59 Å². The molecule has 20 heavy (non-hydrogen) atoms. The molecule has 0 saturated heterocycles. The molecule has 0 aliphatic heterocycles. The van der Waals surface area contributed by atoms with Crippen molar-refractivity contribution in [1.29, 1.82) is 0 Å². The van der Waals surface area contributed by atoms with Crippen LogP contribution in [-0.2, 0) is 14.3 Å². The maximum absolute atomic E-state index is 11.8. The van der Waals surface area contributed by atoms with Gasteiger partial charge >= 0.3 is 11.9 Å². The van der Waals surface area contributed by atoms with Crippen LogP contribution in [-0.4, -0.2) is 40.4 Å². The van der Waals surface area contributed by atoms with Gasteiger partial charge in [0, 0.05) is 17.6 Å². The first-order chi connectivity index (χ1) is 9.57. The van der Waals surface area contributed by atoms with Crippen LogP contribution < -0.4 is 9.47 Å². The number of esters is 2. The second-order valence-electron chi connectivity index (χ2n) is 3.49. The second-order valence-corrected chi connectivity index (χ2v) is 3.49. The molecule has 0 saturated carbocycles. The third kappa shape index (κ3) is 3.42. The van der Waals surface area contributed by atoms with Gasteiger partial charge in [-0.1, -0.05) is 5.92 Å². The standard InChI is InChI=1S/C14H14O6/c1-17-10-7-9(5-6-12(15)19-3)13(14(16)20-4)11(8-10)18-2/h7-8H,1-4H3. The van der Waals surface area contributed by atoms with Crippen molar-refractivity contribution in [2.45, 2.75) is 0 Å². The van der Waals surface area contributed by atoms with E-state index in [4.69, 9.17) is 9.47 Å². The van der Waals surface area contributed by atoms with Crippen LogP contribution in [0.1, 0.15) is 15.9 Å². The molecule has 0 amide bonds. The van der Waals surface area contributed by atoms with Crippen molar-refractivity contribution in [2.24, 2.45) is 0 Å². The van der Waals surface area contributed by atoms with Gasteiger partial charge in [0.15, 0.2) is 0 Å². The maximum atomic E-state index is 11.8. The van der Waals surface area contributed by atoms with E-state index in [0.717, 1.165) is 0 Å². The topological polar surface area (TPSA) is 71.1 Å². The highest BCUT2D eigenvalue weighted by Gasteiger charge is 2.19. The fourth-order valence-electron chi connectivity index (χ4n) is 1.45. The predicted molar refractivity (Wildman–Crippen MR) is 69.8 cm³/mol. The third-order valence-electron chi connectivity index (χ3n) is 2.41. The lowest BCUT2D eigenvalue weighted by Gasteiger charge is -2.11. The first kappa shape index (κ1) is 15.4. The van der Waals surface area contributed by atoms with Crippen molar-refractivity contribution < 1.29 is 28.5 Å². The van der Waals surface area contributed by atoms with E-state index in [1.165, 1.54) is 40.6 Å². The van der Waals surface area contributed by atoms with Gasteiger partial charge in [0.25, 0.3) is 0 Å². The summed E-state index contributed by atoms with van der Waals surface area (Å²) in [5, 5.41) is 0. The molecule has 0 spiro atoms. The molecule has 0 fully saturated rings. The minimum Gasteiger partial charge on any atom is -0.497 e. The normalized spacial score (nSPS) is 9.00. The summed E-state index contributed by atoms with van der Waals surface area (Å²) >= 11 is 0. The average molecular weight is 278 g/mol. The van der Waals surface area contributed by atoms with Crippen molar-refractivity contribution in [3.63, 3.8) is 0 Å². The number of ether oxygens (including phenoxy) is 4. The van der Waals surface area contributed by atoms with Crippen molar-refractivity contribution in [3.8, 4) is 23.3 Å². The molecule has 1 rings (SSSR count). The Kier molecular flexibility index (Phi) is 5.42. The Labute approximate surface area is 116 Å². The smallest absolute Gasteiger partial charge is 0.384 e. The van der Waals surface area contributed by atoms with Crippen LogP contribution in [0.5, 0.6) is 11.5 Å². The van der Waals surface area contributed by atoms with Crippen LogP contribution in [0.2, 0.25) is 0 Å². The summed E-state index contributed by atoms with van der Waals surface area (Å²) < 4.78 is 19.3. The number of benzene rings is 1. The number of methoxy groups -OCH3 is 4. The monoisotopic (exact) mass is 278 g/mol. The number of rotatable bonds is 3. The van der Waals surface area contributed by atoms with Gasteiger partial charge in [0.2, 0.25) is 0 Å². The van der Waals surface area contributed by atoms with Crippen molar-refractivity contribution >= 4 is 11.9 Å². The fourth-order valence-corrected chi connectivity index (χ4v) is 1.45. The van der Waals surface area contributed by atoms with Crippen molar-refractivity contribution in [2.75, 3.05) is 28.4 Å². The Balaban J connectivity index is 3.46. The molecule has 0 aromatic heterocycles. The summed E-state index contributed by atoms with van der Waals surface area (Å²) in [5.41, 5.74) is 0.366. The maximum Gasteiger partial charge on any atom is 0.384 e. The molecule has 0 bridgehead atoms. The largest absolute Gasteiger partial charge is 0.497 e. The van der Waals surface area contributed by atoms with Gasteiger partial charge in [0.1, 0.15) is 17.1 Å². The summed E-state index contributed by atoms with van der Waals surface area (Å²) in [6.45, 7) is 0. The molecule has 0 aliphatic carbocycles. The van der Waals surface area contributed by atoms with E-state index in [1.54, 1.807) is 0 Å². The Morgan fingerprint density at radius 1 is 1.00 bits per heavy atom. The molecule has 0 radical (unpaired) electrons. The third-order valence-corrected chi connectivity index (χ3v) is 2.41. The Morgan fingerprint density at radius 2 is 1.70 bits per heavy atom. The zero-order valence-electron chi connectivity index (χ0n) is 11.6. The van der Waals surface area contributed by atoms with Crippen LogP contribution in [0, 0.1) is 11.8 Å². The van der Waals surface area contributed by atoms with Crippen LogP contribution in [0.4, 0.5) is 0 Å². The molecule has 6 nitrogen and oxygen atoms in total. The van der Waals surface area contributed by atoms with Gasteiger partial charge in [0.05, 0.1) is 28.4 Å². The van der Waals surface area contributed by atoms with E-state index in [0.29, 0.717) is 5.75 Å². The molecule has 6 heteroatoms. The highest BCUT2D eigenvalue weighted by atomic mass is 16.5. The lowest BCUT2D eigenvalue weighted by atomic mass is 10.1. The molecule has 0 atom stereocenters. The van der Waals surface area contributed by atoms with E-state index >= 15 is 0 Å². The highest BCUT2D eigenvalue weighted by molar-refractivity contribution is 5.97. The van der Waals surface area contributed by atoms with Crippen LogP contribution in [0.15, 0.2) is 12.1 Å². The Hall–Kier alpha value is -2.68. The Morgan fingerprint density at radius 3 is 2.20 bits per heavy atom. The summed E-state index contributed by atoms with van der Waals surface area (Å²) in [6.07, 6.45) is 0. The molecular weight excluding hydrogens is 264 g/mol. The highest BCUT2D eigenvalue weighted by Crippen LogP contribution is 2.29. The van der Waals surface area contributed by atoms with E-state index in [-0.39, 0.29) is 16.9 Å². The number of carbonyl (C=O) groups is 2. The quantitative estimate of drug-likeness (QED) is 0.607. The molecule has 0 N–H and O–H groups in total. The van der Waals surface area contributed by atoms with Gasteiger partial charge < -0.3 is 18.9 Å². The zero-order valence-corrected chi connectivity index (χ0v) is 11.6. The number of hydrogen-bond donors (Lipinski definition) is 0. The van der Waals surface area contributed by atoms with Crippen molar-refractivity contribution in [3.05, 3.63) is 23.3 Å². The van der Waals surface area contributed by atoms with E-state index < -0.39 is 11.9 Å². The molecular formula is C14H14O6. The minimum absolute atomic E-state index is 0.118. The summed E-state index contributed by atoms with van der Waals surface area (Å²) in [6, 6.07) is 3.03. The lowest BCUT2D eigenvalue weighted by Crippen LogP contribution is -2.08. The van der Waals surface area contributed by atoms with Gasteiger partial charge in [-0.2, -0.15) is 0 Å². The van der Waals surface area contributed by atoms with Crippen molar-refractivity contribution in [1.82, 2.24) is 0 Å². The van der Waals surface area contributed by atoms with Gasteiger partial charge in [-0.3, -0.25) is 0 Å².